The van der Waals surface area contributed by atoms with Crippen molar-refractivity contribution in [2.75, 3.05) is 0 Å². The average molecular weight is 244 g/mol. The summed E-state index contributed by atoms with van der Waals surface area (Å²) < 4.78 is 26.1. The third-order valence-electron chi connectivity index (χ3n) is 4.46. The molecule has 0 N–H and O–H groups in total. The zero-order chi connectivity index (χ0) is 12.5. The first-order valence-electron chi connectivity index (χ1n) is 6.89. The molecule has 0 amide bonds. The minimum absolute atomic E-state index is 0.0788. The van der Waals surface area contributed by atoms with E-state index >= 15 is 0 Å². The Labute approximate surface area is 102 Å². The molecular weight excluding hydrogens is 222 g/mol. The van der Waals surface area contributed by atoms with Gasteiger partial charge in [0.05, 0.1) is 0 Å². The van der Waals surface area contributed by atoms with E-state index in [2.05, 4.69) is 6.92 Å². The summed E-state index contributed by atoms with van der Waals surface area (Å²) in [4.78, 5) is 12.3. The molecule has 0 aromatic rings. The van der Waals surface area contributed by atoms with E-state index < -0.39 is 5.92 Å². The van der Waals surface area contributed by atoms with E-state index in [0.717, 1.165) is 19.3 Å². The van der Waals surface area contributed by atoms with Gasteiger partial charge in [-0.15, -0.1) is 0 Å². The topological polar surface area (TPSA) is 17.1 Å². The van der Waals surface area contributed by atoms with Crippen molar-refractivity contribution in [2.45, 2.75) is 64.2 Å². The molecule has 0 aromatic carbocycles. The fraction of sp³-hybridized carbons (Fsp3) is 0.929. The van der Waals surface area contributed by atoms with Crippen LogP contribution in [-0.4, -0.2) is 11.7 Å². The number of carbonyl (C=O) groups excluding carboxylic acids is 1. The van der Waals surface area contributed by atoms with Crippen molar-refractivity contribution >= 4 is 5.78 Å². The molecule has 2 unspecified atom stereocenters. The third-order valence-corrected chi connectivity index (χ3v) is 4.46. The molecule has 0 aromatic heterocycles. The van der Waals surface area contributed by atoms with Crippen LogP contribution in [0.4, 0.5) is 8.78 Å². The molecule has 0 aliphatic heterocycles. The number of carbonyl (C=O) groups is 1. The molecule has 0 spiro atoms. The first-order chi connectivity index (χ1) is 7.98. The lowest BCUT2D eigenvalue weighted by molar-refractivity contribution is -0.132. The highest BCUT2D eigenvalue weighted by Crippen LogP contribution is 2.39. The predicted molar refractivity (Wildman–Crippen MR) is 63.0 cm³/mol. The Kier molecular flexibility index (Phi) is 3.84. The second-order valence-electron chi connectivity index (χ2n) is 6.00. The van der Waals surface area contributed by atoms with Crippen molar-refractivity contribution in [3.63, 3.8) is 0 Å². The van der Waals surface area contributed by atoms with Gasteiger partial charge in [-0.25, -0.2) is 8.78 Å². The Morgan fingerprint density at radius 2 is 1.71 bits per heavy atom. The molecule has 1 nitrogen and oxygen atoms in total. The number of ketones is 1. The van der Waals surface area contributed by atoms with Crippen molar-refractivity contribution in [2.24, 2.45) is 17.8 Å². The van der Waals surface area contributed by atoms with Gasteiger partial charge in [-0.3, -0.25) is 4.79 Å². The van der Waals surface area contributed by atoms with Crippen LogP contribution in [0.15, 0.2) is 0 Å². The Morgan fingerprint density at radius 1 is 1.06 bits per heavy atom. The minimum atomic E-state index is -2.52. The van der Waals surface area contributed by atoms with Crippen molar-refractivity contribution < 1.29 is 13.6 Å². The second kappa shape index (κ2) is 5.03. The monoisotopic (exact) mass is 244 g/mol. The molecule has 0 heterocycles. The summed E-state index contributed by atoms with van der Waals surface area (Å²) in [7, 11) is 0. The number of alkyl halides is 2. The summed E-state index contributed by atoms with van der Waals surface area (Å²) in [5.74, 6) is -1.52. The molecule has 0 bridgehead atoms. The molecule has 0 radical (unpaired) electrons. The molecule has 2 aliphatic rings. The van der Waals surface area contributed by atoms with Gasteiger partial charge >= 0.3 is 0 Å². The molecule has 98 valence electrons. The third kappa shape index (κ3) is 3.26. The Balaban J connectivity index is 1.88. The van der Waals surface area contributed by atoms with Crippen LogP contribution in [-0.2, 0) is 4.79 Å². The first-order valence-corrected chi connectivity index (χ1v) is 6.89. The van der Waals surface area contributed by atoms with Crippen LogP contribution in [0, 0.1) is 17.8 Å². The van der Waals surface area contributed by atoms with E-state index in [-0.39, 0.29) is 30.5 Å². The van der Waals surface area contributed by atoms with Gasteiger partial charge in [0.2, 0.25) is 5.92 Å². The fourth-order valence-corrected chi connectivity index (χ4v) is 3.35. The lowest BCUT2D eigenvalue weighted by Crippen LogP contribution is -2.33. The summed E-state index contributed by atoms with van der Waals surface area (Å²) in [6.07, 6.45) is 4.92. The highest BCUT2D eigenvalue weighted by Gasteiger charge is 2.39. The van der Waals surface area contributed by atoms with Crippen molar-refractivity contribution in [3.05, 3.63) is 0 Å². The van der Waals surface area contributed by atoms with Gasteiger partial charge < -0.3 is 0 Å². The average Bonchev–Trinajstić information content (AvgIpc) is 2.28. The van der Waals surface area contributed by atoms with Gasteiger partial charge in [0, 0.05) is 24.7 Å². The molecule has 2 rings (SSSR count). The molecule has 2 aliphatic carbocycles. The number of halogens is 2. The largest absolute Gasteiger partial charge is 0.299 e. The maximum Gasteiger partial charge on any atom is 0.248 e. The van der Waals surface area contributed by atoms with Crippen LogP contribution in [0.3, 0.4) is 0 Å². The van der Waals surface area contributed by atoms with E-state index in [0.29, 0.717) is 18.8 Å². The molecule has 3 heteroatoms. The number of Topliss-reactive ketones (excluding diaryl/α,β-unsaturated/α-hetero) is 1. The zero-order valence-corrected chi connectivity index (χ0v) is 10.6. The summed E-state index contributed by atoms with van der Waals surface area (Å²) in [5.41, 5.74) is 0. The number of hydrogen-bond acceptors (Lipinski definition) is 1. The van der Waals surface area contributed by atoms with Crippen LogP contribution < -0.4 is 0 Å². The van der Waals surface area contributed by atoms with Crippen LogP contribution in [0.25, 0.3) is 0 Å². The standard InChI is InChI=1S/C14H22F2O/c1-10-3-2-4-12(9-10)13(17)11-5-7-14(15,16)8-6-11/h10-12H,2-9H2,1H3. The maximum atomic E-state index is 13.0. The van der Waals surface area contributed by atoms with Gasteiger partial charge in [0.15, 0.2) is 0 Å². The molecular formula is C14H22F2O. The lowest BCUT2D eigenvalue weighted by Gasteiger charge is -2.32. The van der Waals surface area contributed by atoms with Gasteiger partial charge in [-0.1, -0.05) is 19.8 Å². The summed E-state index contributed by atoms with van der Waals surface area (Å²) in [5, 5.41) is 0. The Bertz CT molecular complexity index is 278. The fourth-order valence-electron chi connectivity index (χ4n) is 3.35. The smallest absolute Gasteiger partial charge is 0.248 e. The predicted octanol–water partition coefficient (Wildman–Crippen LogP) is 4.21. The van der Waals surface area contributed by atoms with Crippen LogP contribution in [0.1, 0.15) is 58.3 Å². The van der Waals surface area contributed by atoms with Crippen LogP contribution in [0.5, 0.6) is 0 Å². The van der Waals surface area contributed by atoms with Gasteiger partial charge in [0.25, 0.3) is 0 Å². The highest BCUT2D eigenvalue weighted by molar-refractivity contribution is 5.83. The molecule has 2 saturated carbocycles. The Morgan fingerprint density at radius 3 is 2.29 bits per heavy atom. The summed E-state index contributed by atoms with van der Waals surface area (Å²) >= 11 is 0. The molecule has 0 saturated heterocycles. The van der Waals surface area contributed by atoms with Crippen LogP contribution >= 0.6 is 0 Å². The number of rotatable bonds is 2. The van der Waals surface area contributed by atoms with E-state index in [1.54, 1.807) is 0 Å². The summed E-state index contributed by atoms with van der Waals surface area (Å²) in [6, 6.07) is 0. The second-order valence-corrected chi connectivity index (χ2v) is 6.00. The van der Waals surface area contributed by atoms with Gasteiger partial charge in [-0.2, -0.15) is 0 Å². The lowest BCUT2D eigenvalue weighted by atomic mass is 9.73. The maximum absolute atomic E-state index is 13.0. The van der Waals surface area contributed by atoms with E-state index in [1.165, 1.54) is 6.42 Å². The van der Waals surface area contributed by atoms with Crippen molar-refractivity contribution in [3.8, 4) is 0 Å². The number of hydrogen-bond donors (Lipinski definition) is 0. The SMILES string of the molecule is CC1CCCC(C(=O)C2CCC(F)(F)CC2)C1. The van der Waals surface area contributed by atoms with Crippen molar-refractivity contribution in [1.29, 1.82) is 0 Å². The van der Waals surface area contributed by atoms with E-state index in [4.69, 9.17) is 0 Å². The van der Waals surface area contributed by atoms with E-state index in [9.17, 15) is 13.6 Å². The molecule has 2 atom stereocenters. The van der Waals surface area contributed by atoms with Crippen LogP contribution in [0.2, 0.25) is 0 Å². The van der Waals surface area contributed by atoms with Crippen molar-refractivity contribution in [1.82, 2.24) is 0 Å². The molecule has 17 heavy (non-hydrogen) atoms. The normalized spacial score (nSPS) is 34.5. The summed E-state index contributed by atoms with van der Waals surface area (Å²) in [6.45, 7) is 2.19. The first kappa shape index (κ1) is 13.0. The van der Waals surface area contributed by atoms with Gasteiger partial charge in [-0.05, 0) is 31.6 Å². The van der Waals surface area contributed by atoms with E-state index in [1.807, 2.05) is 0 Å². The highest BCUT2D eigenvalue weighted by atomic mass is 19.3. The van der Waals surface area contributed by atoms with Gasteiger partial charge in [0.1, 0.15) is 5.78 Å². The zero-order valence-electron chi connectivity index (χ0n) is 10.6. The minimum Gasteiger partial charge on any atom is -0.299 e. The Hall–Kier alpha value is -0.470. The molecule has 2 fully saturated rings. The quantitative estimate of drug-likeness (QED) is 0.711.